The highest BCUT2D eigenvalue weighted by molar-refractivity contribution is 5.75. The minimum absolute atomic E-state index is 0.0589. The van der Waals surface area contributed by atoms with E-state index in [9.17, 15) is 9.59 Å². The van der Waals surface area contributed by atoms with Crippen molar-refractivity contribution in [3.8, 4) is 0 Å². The highest BCUT2D eigenvalue weighted by Gasteiger charge is 2.42. The summed E-state index contributed by atoms with van der Waals surface area (Å²) in [5.74, 6) is 0. The lowest BCUT2D eigenvalue weighted by atomic mass is 9.62. The normalized spacial score (nSPS) is 26.0. The molecule has 2 atom stereocenters. The molecule has 0 spiro atoms. The van der Waals surface area contributed by atoms with Crippen LogP contribution in [0.5, 0.6) is 0 Å². The maximum Gasteiger partial charge on any atom is 0.315 e. The van der Waals surface area contributed by atoms with Crippen molar-refractivity contribution in [2.24, 2.45) is 10.8 Å². The van der Waals surface area contributed by atoms with E-state index in [1.807, 2.05) is 41.5 Å². The van der Waals surface area contributed by atoms with Crippen LogP contribution in [0, 0.1) is 10.8 Å². The topological polar surface area (TPSA) is 82.3 Å². The molecule has 1 aliphatic carbocycles. The molecule has 4 N–H and O–H groups in total. The first-order chi connectivity index (χ1) is 11.5. The standard InChI is InChI=1S/C20H40N4O2/c1-17(2,3)23-15(25)21-13-20(9)11-14(10-19(7,8)12-20)22-16(26)24-18(4,5)6/h14H,10-13H2,1-9H3,(H2,21,23,25)(H2,22,24,26)/t14-,20-/m0/s1. The van der Waals surface area contributed by atoms with Crippen LogP contribution in [-0.2, 0) is 0 Å². The smallest absolute Gasteiger partial charge is 0.315 e. The maximum absolute atomic E-state index is 12.3. The Kier molecular flexibility index (Phi) is 6.64. The van der Waals surface area contributed by atoms with Crippen LogP contribution in [0.15, 0.2) is 0 Å². The van der Waals surface area contributed by atoms with Crippen molar-refractivity contribution in [3.63, 3.8) is 0 Å². The fraction of sp³-hybridized carbons (Fsp3) is 0.900. The number of urea groups is 2. The Balaban J connectivity index is 2.70. The second kappa shape index (κ2) is 7.65. The van der Waals surface area contributed by atoms with Gasteiger partial charge in [0.15, 0.2) is 0 Å². The number of hydrogen-bond donors (Lipinski definition) is 4. The van der Waals surface area contributed by atoms with Gasteiger partial charge in [0, 0.05) is 23.7 Å². The molecular formula is C20H40N4O2. The van der Waals surface area contributed by atoms with Crippen molar-refractivity contribution >= 4 is 12.1 Å². The Morgan fingerprint density at radius 1 is 0.885 bits per heavy atom. The monoisotopic (exact) mass is 368 g/mol. The van der Waals surface area contributed by atoms with Gasteiger partial charge in [-0.1, -0.05) is 20.8 Å². The summed E-state index contributed by atoms with van der Waals surface area (Å²) in [7, 11) is 0. The van der Waals surface area contributed by atoms with Gasteiger partial charge in [0.1, 0.15) is 0 Å². The predicted octanol–water partition coefficient (Wildman–Crippen LogP) is 3.77. The van der Waals surface area contributed by atoms with E-state index in [0.717, 1.165) is 19.3 Å². The molecule has 1 rings (SSSR count). The summed E-state index contributed by atoms with van der Waals surface area (Å²) in [5.41, 5.74) is -0.471. The molecule has 0 radical (unpaired) electrons. The molecule has 0 aliphatic heterocycles. The summed E-state index contributed by atoms with van der Waals surface area (Å²) in [6.07, 6.45) is 2.80. The SMILES string of the molecule is CC1(C)C[C@H](NC(=O)NC(C)(C)C)C[C@](C)(CNC(=O)NC(C)(C)C)C1. The van der Waals surface area contributed by atoms with Gasteiger partial charge in [0.05, 0.1) is 0 Å². The summed E-state index contributed by atoms with van der Waals surface area (Å²) < 4.78 is 0. The lowest BCUT2D eigenvalue weighted by Crippen LogP contribution is -2.55. The molecule has 6 heteroatoms. The summed E-state index contributed by atoms with van der Waals surface area (Å²) >= 11 is 0. The third-order valence-corrected chi connectivity index (χ3v) is 4.43. The zero-order chi connectivity index (χ0) is 20.4. The molecule has 0 aromatic heterocycles. The second-order valence-electron chi connectivity index (χ2n) is 11.2. The highest BCUT2D eigenvalue weighted by Crippen LogP contribution is 2.45. The molecule has 1 fully saturated rings. The van der Waals surface area contributed by atoms with Crippen LogP contribution < -0.4 is 21.3 Å². The van der Waals surface area contributed by atoms with Gasteiger partial charge >= 0.3 is 12.1 Å². The van der Waals surface area contributed by atoms with Crippen molar-refractivity contribution in [1.29, 1.82) is 0 Å². The molecule has 1 saturated carbocycles. The lowest BCUT2D eigenvalue weighted by molar-refractivity contribution is 0.0743. The number of hydrogen-bond acceptors (Lipinski definition) is 2. The van der Waals surface area contributed by atoms with Gasteiger partial charge in [-0.25, -0.2) is 9.59 Å². The minimum Gasteiger partial charge on any atom is -0.338 e. The van der Waals surface area contributed by atoms with Crippen molar-refractivity contribution in [2.75, 3.05) is 6.54 Å². The Labute approximate surface area is 159 Å². The van der Waals surface area contributed by atoms with E-state index in [1.165, 1.54) is 0 Å². The van der Waals surface area contributed by atoms with Crippen molar-refractivity contribution < 1.29 is 9.59 Å². The second-order valence-corrected chi connectivity index (χ2v) is 11.2. The third-order valence-electron chi connectivity index (χ3n) is 4.43. The fourth-order valence-corrected chi connectivity index (χ4v) is 4.11. The van der Waals surface area contributed by atoms with Gasteiger partial charge in [-0.3, -0.25) is 0 Å². The van der Waals surface area contributed by atoms with Gasteiger partial charge in [0.25, 0.3) is 0 Å². The molecular weight excluding hydrogens is 328 g/mol. The zero-order valence-corrected chi connectivity index (χ0v) is 18.2. The highest BCUT2D eigenvalue weighted by atomic mass is 16.2. The summed E-state index contributed by atoms with van der Waals surface area (Å²) in [6.45, 7) is 19.1. The largest absolute Gasteiger partial charge is 0.338 e. The van der Waals surface area contributed by atoms with E-state index >= 15 is 0 Å². The number of carbonyl (C=O) groups excluding carboxylic acids is 2. The average Bonchev–Trinajstić information content (AvgIpc) is 2.29. The molecule has 0 saturated heterocycles. The lowest BCUT2D eigenvalue weighted by Gasteiger charge is -2.47. The van der Waals surface area contributed by atoms with E-state index in [1.54, 1.807) is 0 Å². The summed E-state index contributed by atoms with van der Waals surface area (Å²) in [5, 5.41) is 12.1. The van der Waals surface area contributed by atoms with Gasteiger partial charge < -0.3 is 21.3 Å². The molecule has 6 nitrogen and oxygen atoms in total. The van der Waals surface area contributed by atoms with E-state index in [2.05, 4.69) is 42.0 Å². The first kappa shape index (κ1) is 22.6. The molecule has 0 aromatic rings. The molecule has 0 aromatic carbocycles. The van der Waals surface area contributed by atoms with Crippen LogP contribution in [0.1, 0.15) is 81.6 Å². The van der Waals surface area contributed by atoms with Crippen LogP contribution in [0.25, 0.3) is 0 Å². The van der Waals surface area contributed by atoms with E-state index in [0.29, 0.717) is 6.54 Å². The Morgan fingerprint density at radius 2 is 1.38 bits per heavy atom. The molecule has 0 heterocycles. The first-order valence-corrected chi connectivity index (χ1v) is 9.63. The van der Waals surface area contributed by atoms with Gasteiger partial charge in [-0.05, 0) is 71.6 Å². The van der Waals surface area contributed by atoms with Crippen LogP contribution in [0.2, 0.25) is 0 Å². The predicted molar refractivity (Wildman–Crippen MR) is 107 cm³/mol. The molecule has 4 amide bonds. The van der Waals surface area contributed by atoms with Gasteiger partial charge in [0.2, 0.25) is 0 Å². The fourth-order valence-electron chi connectivity index (χ4n) is 4.11. The first-order valence-electron chi connectivity index (χ1n) is 9.63. The van der Waals surface area contributed by atoms with E-state index in [4.69, 9.17) is 0 Å². The molecule has 0 unspecified atom stereocenters. The molecule has 1 aliphatic rings. The van der Waals surface area contributed by atoms with Crippen LogP contribution >= 0.6 is 0 Å². The van der Waals surface area contributed by atoms with E-state index in [-0.39, 0.29) is 40.0 Å². The minimum atomic E-state index is -0.260. The van der Waals surface area contributed by atoms with Crippen molar-refractivity contribution in [2.45, 2.75) is 98.7 Å². The molecule has 152 valence electrons. The number of nitrogens with one attached hydrogen (secondary N) is 4. The maximum atomic E-state index is 12.3. The molecule has 0 bridgehead atoms. The average molecular weight is 369 g/mol. The Bertz CT molecular complexity index is 517. The van der Waals surface area contributed by atoms with E-state index < -0.39 is 0 Å². The zero-order valence-electron chi connectivity index (χ0n) is 18.2. The Hall–Kier alpha value is -1.46. The van der Waals surface area contributed by atoms with Crippen LogP contribution in [0.3, 0.4) is 0 Å². The van der Waals surface area contributed by atoms with Gasteiger partial charge in [-0.2, -0.15) is 0 Å². The third kappa shape index (κ3) is 8.77. The molecule has 26 heavy (non-hydrogen) atoms. The van der Waals surface area contributed by atoms with Crippen molar-refractivity contribution in [1.82, 2.24) is 21.3 Å². The summed E-state index contributed by atoms with van der Waals surface area (Å²) in [4.78, 5) is 24.4. The van der Waals surface area contributed by atoms with Gasteiger partial charge in [-0.15, -0.1) is 0 Å². The summed E-state index contributed by atoms with van der Waals surface area (Å²) in [6, 6.07) is -0.170. The van der Waals surface area contributed by atoms with Crippen molar-refractivity contribution in [3.05, 3.63) is 0 Å². The number of rotatable bonds is 3. The van der Waals surface area contributed by atoms with Crippen LogP contribution in [-0.4, -0.2) is 35.7 Å². The Morgan fingerprint density at radius 3 is 1.88 bits per heavy atom. The number of amides is 4. The number of carbonyl (C=O) groups is 2. The quantitative estimate of drug-likeness (QED) is 0.611. The van der Waals surface area contributed by atoms with Crippen LogP contribution in [0.4, 0.5) is 9.59 Å².